The molecule has 178 valence electrons. The summed E-state index contributed by atoms with van der Waals surface area (Å²) in [5, 5.41) is 0. The fourth-order valence-corrected chi connectivity index (χ4v) is 6.24. The Morgan fingerprint density at radius 3 is 1.88 bits per heavy atom. The van der Waals surface area contributed by atoms with Crippen LogP contribution in [-0.2, 0) is 0 Å². The summed E-state index contributed by atoms with van der Waals surface area (Å²) in [6, 6.07) is 9.77. The van der Waals surface area contributed by atoms with Gasteiger partial charge < -0.3 is 0 Å². The quantitative estimate of drug-likeness (QED) is 0.381. The lowest BCUT2D eigenvalue weighted by Gasteiger charge is -2.37. The molecule has 0 saturated heterocycles. The van der Waals surface area contributed by atoms with Gasteiger partial charge in [0.05, 0.1) is 0 Å². The largest absolute Gasteiger partial charge is 0.204 e. The maximum atomic E-state index is 13.6. The van der Waals surface area contributed by atoms with Gasteiger partial charge in [-0.05, 0) is 104 Å². The van der Waals surface area contributed by atoms with Gasteiger partial charge in [0, 0.05) is 0 Å². The van der Waals surface area contributed by atoms with E-state index in [1.807, 2.05) is 24.3 Å². The summed E-state index contributed by atoms with van der Waals surface area (Å²) in [4.78, 5) is 0. The van der Waals surface area contributed by atoms with Crippen molar-refractivity contribution >= 4 is 5.57 Å². The van der Waals surface area contributed by atoms with E-state index < -0.39 is 17.5 Å². The van der Waals surface area contributed by atoms with Crippen LogP contribution in [0.1, 0.15) is 83.6 Å². The Balaban J connectivity index is 1.32. The van der Waals surface area contributed by atoms with E-state index in [4.69, 9.17) is 0 Å². The van der Waals surface area contributed by atoms with Crippen molar-refractivity contribution in [1.29, 1.82) is 0 Å². The minimum Gasteiger partial charge on any atom is -0.204 e. The van der Waals surface area contributed by atoms with Crippen molar-refractivity contribution in [2.24, 2.45) is 23.7 Å². The molecule has 2 saturated carbocycles. The summed E-state index contributed by atoms with van der Waals surface area (Å²) >= 11 is 0. The van der Waals surface area contributed by atoms with Crippen LogP contribution in [0.5, 0.6) is 0 Å². The predicted molar refractivity (Wildman–Crippen MR) is 131 cm³/mol. The molecular weight excluding hydrogens is 417 g/mol. The first kappa shape index (κ1) is 24.1. The fraction of sp³-hybridized carbons (Fsp3) is 0.533. The Hall–Kier alpha value is -2.03. The van der Waals surface area contributed by atoms with Crippen LogP contribution in [0.4, 0.5) is 13.2 Å². The van der Waals surface area contributed by atoms with Crippen molar-refractivity contribution in [3.8, 4) is 11.1 Å². The van der Waals surface area contributed by atoms with Gasteiger partial charge in [0.25, 0.3) is 0 Å². The predicted octanol–water partition coefficient (Wildman–Crippen LogP) is 9.59. The summed E-state index contributed by atoms with van der Waals surface area (Å²) in [6.07, 6.45) is 16.2. The van der Waals surface area contributed by atoms with E-state index in [9.17, 15) is 13.2 Å². The molecule has 0 bridgehead atoms. The van der Waals surface area contributed by atoms with Crippen LogP contribution in [0.15, 0.2) is 42.5 Å². The SMILES string of the molecule is CCCC1CCC(C2CCC(/C=C(\C)c3ccc(-c4cc(F)c(F)c(F)c4)cc3)CC2)CC1. The van der Waals surface area contributed by atoms with Crippen molar-refractivity contribution < 1.29 is 13.2 Å². The molecule has 0 aromatic heterocycles. The van der Waals surface area contributed by atoms with Crippen molar-refractivity contribution in [3.05, 3.63) is 65.5 Å². The minimum absolute atomic E-state index is 0.349. The molecule has 2 aromatic carbocycles. The standard InChI is InChI=1S/C30H37F3/c1-3-4-21-5-9-24(10-6-21)25-11-7-22(8-12-25)17-20(2)23-13-15-26(16-14-23)27-18-28(31)30(33)29(32)19-27/h13-19,21-22,24-25H,3-12H2,1-2H3/b20-17+. The second-order valence-corrected chi connectivity index (χ2v) is 10.4. The molecular formula is C30H37F3. The molecule has 3 heteroatoms. The fourth-order valence-electron chi connectivity index (χ4n) is 6.24. The minimum atomic E-state index is -1.42. The average molecular weight is 455 g/mol. The van der Waals surface area contributed by atoms with Crippen molar-refractivity contribution in [3.63, 3.8) is 0 Å². The molecule has 2 fully saturated rings. The van der Waals surface area contributed by atoms with Gasteiger partial charge >= 0.3 is 0 Å². The number of halogens is 3. The molecule has 0 heterocycles. The molecule has 4 rings (SSSR count). The first-order valence-corrected chi connectivity index (χ1v) is 12.9. The molecule has 0 atom stereocenters. The molecule has 0 N–H and O–H groups in total. The smallest absolute Gasteiger partial charge is 0.194 e. The second kappa shape index (κ2) is 10.9. The van der Waals surface area contributed by atoms with E-state index in [1.165, 1.54) is 69.8 Å². The highest BCUT2D eigenvalue weighted by molar-refractivity contribution is 5.69. The Morgan fingerprint density at radius 1 is 0.788 bits per heavy atom. The highest BCUT2D eigenvalue weighted by Crippen LogP contribution is 2.42. The number of hydrogen-bond acceptors (Lipinski definition) is 0. The van der Waals surface area contributed by atoms with Gasteiger partial charge in [0.15, 0.2) is 17.5 Å². The molecule has 0 aliphatic heterocycles. The number of rotatable bonds is 6. The third-order valence-corrected chi connectivity index (χ3v) is 8.21. The zero-order valence-corrected chi connectivity index (χ0v) is 20.1. The maximum Gasteiger partial charge on any atom is 0.194 e. The van der Waals surface area contributed by atoms with Crippen LogP contribution >= 0.6 is 0 Å². The van der Waals surface area contributed by atoms with Gasteiger partial charge in [0.2, 0.25) is 0 Å². The Morgan fingerprint density at radius 2 is 1.33 bits per heavy atom. The van der Waals surface area contributed by atoms with Crippen molar-refractivity contribution in [1.82, 2.24) is 0 Å². The maximum absolute atomic E-state index is 13.6. The average Bonchev–Trinajstić information content (AvgIpc) is 2.83. The first-order valence-electron chi connectivity index (χ1n) is 12.9. The lowest BCUT2D eigenvalue weighted by atomic mass is 9.68. The zero-order chi connectivity index (χ0) is 23.4. The third-order valence-electron chi connectivity index (χ3n) is 8.21. The second-order valence-electron chi connectivity index (χ2n) is 10.4. The third kappa shape index (κ3) is 5.91. The molecule has 0 radical (unpaired) electrons. The van der Waals surface area contributed by atoms with E-state index in [1.54, 1.807) is 0 Å². The van der Waals surface area contributed by atoms with Gasteiger partial charge in [-0.3, -0.25) is 0 Å². The molecule has 0 spiro atoms. The summed E-state index contributed by atoms with van der Waals surface area (Å²) < 4.78 is 40.4. The zero-order valence-electron chi connectivity index (χ0n) is 20.1. The van der Waals surface area contributed by atoms with Crippen LogP contribution in [0, 0.1) is 41.1 Å². The molecule has 0 unspecified atom stereocenters. The first-order chi connectivity index (χ1) is 15.9. The van der Waals surface area contributed by atoms with Crippen LogP contribution in [0.3, 0.4) is 0 Å². The van der Waals surface area contributed by atoms with Crippen molar-refractivity contribution in [2.45, 2.75) is 78.1 Å². The number of allylic oxidation sites excluding steroid dienone is 2. The van der Waals surface area contributed by atoms with Crippen molar-refractivity contribution in [2.75, 3.05) is 0 Å². The van der Waals surface area contributed by atoms with E-state index in [0.717, 1.165) is 35.4 Å². The molecule has 2 aliphatic rings. The van der Waals surface area contributed by atoms with Crippen LogP contribution in [0.2, 0.25) is 0 Å². The van der Waals surface area contributed by atoms with E-state index in [-0.39, 0.29) is 0 Å². The van der Waals surface area contributed by atoms with E-state index in [0.29, 0.717) is 17.0 Å². The summed E-state index contributed by atoms with van der Waals surface area (Å²) in [5.41, 5.74) is 3.40. The molecule has 2 aromatic rings. The Kier molecular flexibility index (Phi) is 7.98. The topological polar surface area (TPSA) is 0 Å². The van der Waals surface area contributed by atoms with Gasteiger partial charge in [0.1, 0.15) is 0 Å². The summed E-state index contributed by atoms with van der Waals surface area (Å²) in [6.45, 7) is 4.46. The molecule has 0 amide bonds. The number of benzene rings is 2. The summed E-state index contributed by atoms with van der Waals surface area (Å²) in [7, 11) is 0. The van der Waals surface area contributed by atoms with Gasteiger partial charge in [-0.1, -0.05) is 62.9 Å². The Bertz CT molecular complexity index is 920. The number of hydrogen-bond donors (Lipinski definition) is 0. The van der Waals surface area contributed by atoms with E-state index in [2.05, 4.69) is 19.9 Å². The molecule has 0 nitrogen and oxygen atoms in total. The highest BCUT2D eigenvalue weighted by atomic mass is 19.2. The van der Waals surface area contributed by atoms with Gasteiger partial charge in [-0.25, -0.2) is 13.2 Å². The normalized spacial score (nSPS) is 26.4. The summed E-state index contributed by atoms with van der Waals surface area (Å²) in [5.74, 6) is -0.234. The lowest BCUT2D eigenvalue weighted by Crippen LogP contribution is -2.25. The van der Waals surface area contributed by atoms with E-state index >= 15 is 0 Å². The van der Waals surface area contributed by atoms with Crippen LogP contribution in [-0.4, -0.2) is 0 Å². The van der Waals surface area contributed by atoms with Gasteiger partial charge in [-0.15, -0.1) is 0 Å². The monoisotopic (exact) mass is 454 g/mol. The van der Waals surface area contributed by atoms with Gasteiger partial charge in [-0.2, -0.15) is 0 Å². The Labute approximate surface area is 197 Å². The highest BCUT2D eigenvalue weighted by Gasteiger charge is 2.30. The van der Waals surface area contributed by atoms with Crippen LogP contribution in [0.25, 0.3) is 16.7 Å². The lowest BCUT2D eigenvalue weighted by molar-refractivity contribution is 0.152. The molecule has 2 aliphatic carbocycles. The molecule has 33 heavy (non-hydrogen) atoms. The van der Waals surface area contributed by atoms with Crippen LogP contribution < -0.4 is 0 Å².